The highest BCUT2D eigenvalue weighted by Crippen LogP contribution is 2.35. The summed E-state index contributed by atoms with van der Waals surface area (Å²) in [5, 5.41) is 12.3. The highest BCUT2D eigenvalue weighted by molar-refractivity contribution is 6.35. The quantitative estimate of drug-likeness (QED) is 0.461. The van der Waals surface area contributed by atoms with Crippen LogP contribution in [0.4, 0.5) is 5.69 Å². The molecule has 2 heterocycles. The van der Waals surface area contributed by atoms with Gasteiger partial charge in [-0.3, -0.25) is 4.79 Å². The number of fused-ring (bicyclic) bond motifs is 1. The Labute approximate surface area is 126 Å². The summed E-state index contributed by atoms with van der Waals surface area (Å²) >= 11 is 0. The number of hydrogen-bond acceptors (Lipinski definition) is 4. The molecule has 0 radical (unpaired) electrons. The van der Waals surface area contributed by atoms with Gasteiger partial charge in [-0.05, 0) is 37.3 Å². The van der Waals surface area contributed by atoms with Gasteiger partial charge in [-0.15, -0.1) is 0 Å². The Morgan fingerprint density at radius 1 is 1.36 bits per heavy atom. The Morgan fingerprint density at radius 2 is 2.18 bits per heavy atom. The van der Waals surface area contributed by atoms with E-state index in [1.54, 1.807) is 31.3 Å². The van der Waals surface area contributed by atoms with E-state index < -0.39 is 5.97 Å². The number of benzene rings is 1. The lowest BCUT2D eigenvalue weighted by Gasteiger charge is -2.02. The van der Waals surface area contributed by atoms with Crippen LogP contribution in [0, 0.1) is 0 Å². The highest BCUT2D eigenvalue weighted by atomic mass is 16.5. The number of aromatic amines is 1. The molecule has 0 bridgehead atoms. The van der Waals surface area contributed by atoms with Gasteiger partial charge in [-0.1, -0.05) is 0 Å². The monoisotopic (exact) mass is 298 g/mol. The second-order valence-corrected chi connectivity index (χ2v) is 4.77. The summed E-state index contributed by atoms with van der Waals surface area (Å²) < 4.78 is 4.98. The first-order valence-corrected chi connectivity index (χ1v) is 6.81. The molecule has 0 spiro atoms. The number of rotatable bonds is 3. The Hall–Kier alpha value is -3.02. The first-order chi connectivity index (χ1) is 10.6. The van der Waals surface area contributed by atoms with Gasteiger partial charge < -0.3 is 20.1 Å². The number of aromatic hydroxyl groups is 1. The average molecular weight is 298 g/mol. The molecule has 1 aromatic carbocycles. The van der Waals surface area contributed by atoms with E-state index in [2.05, 4.69) is 10.3 Å². The number of phenols is 1. The lowest BCUT2D eigenvalue weighted by atomic mass is 10.0. The molecule has 112 valence electrons. The summed E-state index contributed by atoms with van der Waals surface area (Å²) in [5.74, 6) is -0.673. The molecule has 1 aliphatic rings. The zero-order valence-corrected chi connectivity index (χ0v) is 11.8. The maximum atomic E-state index is 12.1. The maximum Gasteiger partial charge on any atom is 0.340 e. The summed E-state index contributed by atoms with van der Waals surface area (Å²) in [6, 6.07) is 6.23. The molecule has 0 saturated heterocycles. The molecule has 6 nitrogen and oxygen atoms in total. The van der Waals surface area contributed by atoms with Gasteiger partial charge in [0.05, 0.1) is 23.4 Å². The molecule has 0 fully saturated rings. The van der Waals surface area contributed by atoms with E-state index in [0.29, 0.717) is 28.1 Å². The number of amides is 1. The van der Waals surface area contributed by atoms with Gasteiger partial charge in [0.15, 0.2) is 0 Å². The lowest BCUT2D eigenvalue weighted by molar-refractivity contribution is -0.110. The second-order valence-electron chi connectivity index (χ2n) is 4.77. The van der Waals surface area contributed by atoms with Crippen LogP contribution in [0.25, 0.3) is 11.6 Å². The van der Waals surface area contributed by atoms with Crippen molar-refractivity contribution in [3.63, 3.8) is 0 Å². The molecule has 3 rings (SSSR count). The molecule has 1 aliphatic heterocycles. The number of H-pyrrole nitrogens is 1. The molecule has 22 heavy (non-hydrogen) atoms. The minimum Gasteiger partial charge on any atom is -0.508 e. The van der Waals surface area contributed by atoms with E-state index in [0.717, 1.165) is 0 Å². The molecular formula is C16H14N2O4. The molecule has 1 amide bonds. The number of ether oxygens (including phenoxy) is 1. The van der Waals surface area contributed by atoms with Gasteiger partial charge in [0.2, 0.25) is 0 Å². The SMILES string of the molecule is CCOC(=O)c1cc[nH]c1/C=C1\C(=O)Nc2ccc(O)cc21. The van der Waals surface area contributed by atoms with Gasteiger partial charge in [-0.2, -0.15) is 0 Å². The van der Waals surface area contributed by atoms with Crippen molar-refractivity contribution in [2.75, 3.05) is 11.9 Å². The number of aromatic nitrogens is 1. The fraction of sp³-hybridized carbons (Fsp3) is 0.125. The van der Waals surface area contributed by atoms with Crippen LogP contribution in [0.15, 0.2) is 30.5 Å². The number of carbonyl (C=O) groups excluding carboxylic acids is 2. The molecule has 1 aromatic heterocycles. The van der Waals surface area contributed by atoms with Crippen LogP contribution in [0.1, 0.15) is 28.5 Å². The van der Waals surface area contributed by atoms with E-state index in [4.69, 9.17) is 4.74 Å². The zero-order valence-electron chi connectivity index (χ0n) is 11.8. The van der Waals surface area contributed by atoms with Gasteiger partial charge >= 0.3 is 5.97 Å². The largest absolute Gasteiger partial charge is 0.508 e. The van der Waals surface area contributed by atoms with Crippen molar-refractivity contribution in [2.45, 2.75) is 6.92 Å². The third-order valence-corrected chi connectivity index (χ3v) is 3.35. The number of anilines is 1. The number of hydrogen-bond donors (Lipinski definition) is 3. The van der Waals surface area contributed by atoms with Crippen molar-refractivity contribution in [1.29, 1.82) is 0 Å². The van der Waals surface area contributed by atoms with E-state index in [1.807, 2.05) is 0 Å². The van der Waals surface area contributed by atoms with Crippen LogP contribution in [0.2, 0.25) is 0 Å². The lowest BCUT2D eigenvalue weighted by Crippen LogP contribution is -2.06. The average Bonchev–Trinajstić information content (AvgIpc) is 3.06. The van der Waals surface area contributed by atoms with E-state index in [1.165, 1.54) is 12.1 Å². The minimum absolute atomic E-state index is 0.0678. The van der Waals surface area contributed by atoms with E-state index >= 15 is 0 Å². The van der Waals surface area contributed by atoms with Crippen LogP contribution >= 0.6 is 0 Å². The maximum absolute atomic E-state index is 12.1. The smallest absolute Gasteiger partial charge is 0.340 e. The zero-order chi connectivity index (χ0) is 15.7. The molecule has 0 aliphatic carbocycles. The molecule has 6 heteroatoms. The number of esters is 1. The van der Waals surface area contributed by atoms with Crippen LogP contribution in [-0.2, 0) is 9.53 Å². The summed E-state index contributed by atoms with van der Waals surface area (Å²) in [6.07, 6.45) is 3.18. The van der Waals surface area contributed by atoms with E-state index in [9.17, 15) is 14.7 Å². The molecule has 0 atom stereocenters. The molecule has 3 N–H and O–H groups in total. The Balaban J connectivity index is 2.04. The Bertz CT molecular complexity index is 789. The normalized spacial score (nSPS) is 14.8. The van der Waals surface area contributed by atoms with Crippen molar-refractivity contribution >= 4 is 29.2 Å². The third kappa shape index (κ3) is 2.35. The predicted octanol–water partition coefficient (Wildman–Crippen LogP) is 2.39. The molecule has 0 saturated carbocycles. The highest BCUT2D eigenvalue weighted by Gasteiger charge is 2.25. The molecule has 0 unspecified atom stereocenters. The summed E-state index contributed by atoms with van der Waals surface area (Å²) in [4.78, 5) is 26.9. The number of nitrogens with one attached hydrogen (secondary N) is 2. The fourth-order valence-corrected chi connectivity index (χ4v) is 2.35. The topological polar surface area (TPSA) is 91.4 Å². The van der Waals surface area contributed by atoms with Crippen LogP contribution in [-0.4, -0.2) is 28.6 Å². The van der Waals surface area contributed by atoms with Gasteiger partial charge in [0, 0.05) is 17.4 Å². The van der Waals surface area contributed by atoms with Crippen molar-refractivity contribution < 1.29 is 19.4 Å². The van der Waals surface area contributed by atoms with Crippen molar-refractivity contribution in [3.8, 4) is 5.75 Å². The Kier molecular flexibility index (Phi) is 3.42. The van der Waals surface area contributed by atoms with Gasteiger partial charge in [0.25, 0.3) is 5.91 Å². The van der Waals surface area contributed by atoms with E-state index in [-0.39, 0.29) is 18.3 Å². The van der Waals surface area contributed by atoms with Crippen LogP contribution in [0.3, 0.4) is 0 Å². The second kappa shape index (κ2) is 5.40. The molecular weight excluding hydrogens is 284 g/mol. The fourth-order valence-electron chi connectivity index (χ4n) is 2.35. The number of phenolic OH excluding ortho intramolecular Hbond substituents is 1. The van der Waals surface area contributed by atoms with Gasteiger partial charge in [0.1, 0.15) is 5.75 Å². The first-order valence-electron chi connectivity index (χ1n) is 6.81. The minimum atomic E-state index is -0.454. The van der Waals surface area contributed by atoms with Crippen molar-refractivity contribution in [2.24, 2.45) is 0 Å². The van der Waals surface area contributed by atoms with Crippen LogP contribution in [0.5, 0.6) is 5.75 Å². The molecule has 2 aromatic rings. The van der Waals surface area contributed by atoms with Crippen molar-refractivity contribution in [1.82, 2.24) is 4.98 Å². The number of carbonyl (C=O) groups is 2. The summed E-state index contributed by atoms with van der Waals surface area (Å²) in [7, 11) is 0. The summed E-state index contributed by atoms with van der Waals surface area (Å²) in [5.41, 5.74) is 2.43. The van der Waals surface area contributed by atoms with Gasteiger partial charge in [-0.25, -0.2) is 4.79 Å². The Morgan fingerprint density at radius 3 is 2.95 bits per heavy atom. The van der Waals surface area contributed by atoms with Crippen LogP contribution < -0.4 is 5.32 Å². The first kappa shape index (κ1) is 13.9. The summed E-state index contributed by atoms with van der Waals surface area (Å²) in [6.45, 7) is 2.00. The van der Waals surface area contributed by atoms with Crippen molar-refractivity contribution in [3.05, 3.63) is 47.3 Å². The third-order valence-electron chi connectivity index (χ3n) is 3.35. The predicted molar refractivity (Wildman–Crippen MR) is 81.4 cm³/mol. The standard InChI is InChI=1S/C16H14N2O4/c1-2-22-16(21)10-5-6-17-14(10)8-12-11-7-9(19)3-4-13(11)18-15(12)20/h3-8,17,19H,2H2,1H3,(H,18,20)/b12-8-.